The third-order valence-electron chi connectivity index (χ3n) is 3.52. The molecule has 0 aliphatic rings. The number of nitrogens with zero attached hydrogens (tertiary/aromatic N) is 1. The third-order valence-corrected chi connectivity index (χ3v) is 3.52. The molecule has 0 aliphatic carbocycles. The van der Waals surface area contributed by atoms with Gasteiger partial charge >= 0.3 is 5.97 Å². The Morgan fingerprint density at radius 1 is 1.07 bits per heavy atom. The van der Waals surface area contributed by atoms with E-state index in [0.717, 1.165) is 5.56 Å². The van der Waals surface area contributed by atoms with Crippen LogP contribution in [0.2, 0.25) is 0 Å². The van der Waals surface area contributed by atoms with Crippen LogP contribution in [-0.2, 0) is 4.79 Å². The van der Waals surface area contributed by atoms with E-state index in [9.17, 15) is 9.59 Å². The van der Waals surface area contributed by atoms with Crippen molar-refractivity contribution in [2.75, 3.05) is 20.8 Å². The van der Waals surface area contributed by atoms with Crippen LogP contribution in [0.15, 0.2) is 41.5 Å². The van der Waals surface area contributed by atoms with Crippen molar-refractivity contribution in [1.29, 1.82) is 0 Å². The Kier molecular flexibility index (Phi) is 6.76. The molecular formula is C19H20N2O6. The van der Waals surface area contributed by atoms with Gasteiger partial charge in [-0.1, -0.05) is 6.07 Å². The molecule has 0 atom stereocenters. The van der Waals surface area contributed by atoms with Crippen molar-refractivity contribution < 1.29 is 28.9 Å². The number of carbonyl (C=O) groups is 2. The van der Waals surface area contributed by atoms with Crippen LogP contribution >= 0.6 is 0 Å². The van der Waals surface area contributed by atoms with Crippen molar-refractivity contribution in [3.05, 3.63) is 53.1 Å². The topological polar surface area (TPSA) is 106 Å². The molecule has 142 valence electrons. The molecule has 0 unspecified atom stereocenters. The van der Waals surface area contributed by atoms with Crippen molar-refractivity contribution in [3.63, 3.8) is 0 Å². The quantitative estimate of drug-likeness (QED) is 0.544. The summed E-state index contributed by atoms with van der Waals surface area (Å²) in [5.41, 5.74) is 4.41. The highest BCUT2D eigenvalue weighted by atomic mass is 16.5. The van der Waals surface area contributed by atoms with E-state index in [1.807, 2.05) is 13.0 Å². The molecule has 1 amide bonds. The second-order valence-corrected chi connectivity index (χ2v) is 5.50. The molecule has 0 saturated carbocycles. The minimum Gasteiger partial charge on any atom is -0.496 e. The number of hydrogen-bond acceptors (Lipinski definition) is 6. The summed E-state index contributed by atoms with van der Waals surface area (Å²) in [6.45, 7) is 1.43. The summed E-state index contributed by atoms with van der Waals surface area (Å²) in [5.74, 6) is -0.380. The molecule has 0 bridgehead atoms. The molecule has 2 N–H and O–H groups in total. The van der Waals surface area contributed by atoms with Crippen LogP contribution in [0.3, 0.4) is 0 Å². The van der Waals surface area contributed by atoms with Crippen LogP contribution in [0.25, 0.3) is 0 Å². The van der Waals surface area contributed by atoms with E-state index < -0.39 is 18.5 Å². The van der Waals surface area contributed by atoms with Crippen LogP contribution in [0.1, 0.15) is 21.5 Å². The first-order valence-electron chi connectivity index (χ1n) is 7.95. The number of carboxylic acid groups (broad SMARTS) is 1. The maximum Gasteiger partial charge on any atom is 0.341 e. The summed E-state index contributed by atoms with van der Waals surface area (Å²) in [7, 11) is 2.93. The lowest BCUT2D eigenvalue weighted by molar-refractivity contribution is -0.139. The Bertz CT molecular complexity index is 863. The van der Waals surface area contributed by atoms with E-state index in [1.165, 1.54) is 20.4 Å². The number of carbonyl (C=O) groups excluding carboxylic acids is 1. The number of hydrazone groups is 1. The lowest BCUT2D eigenvalue weighted by Gasteiger charge is -2.09. The third kappa shape index (κ3) is 5.46. The summed E-state index contributed by atoms with van der Waals surface area (Å²) in [4.78, 5) is 22.8. The van der Waals surface area contributed by atoms with Gasteiger partial charge < -0.3 is 19.3 Å². The molecule has 2 rings (SSSR count). The predicted molar refractivity (Wildman–Crippen MR) is 98.9 cm³/mol. The highest BCUT2D eigenvalue weighted by molar-refractivity contribution is 5.97. The van der Waals surface area contributed by atoms with Gasteiger partial charge in [0, 0.05) is 0 Å². The van der Waals surface area contributed by atoms with E-state index in [2.05, 4.69) is 10.5 Å². The number of rotatable bonds is 8. The Morgan fingerprint density at radius 3 is 2.48 bits per heavy atom. The minimum atomic E-state index is -1.09. The summed E-state index contributed by atoms with van der Waals surface area (Å²) in [6.07, 6.45) is 1.43. The fourth-order valence-corrected chi connectivity index (χ4v) is 2.23. The van der Waals surface area contributed by atoms with Gasteiger partial charge in [-0.25, -0.2) is 10.2 Å². The first kappa shape index (κ1) is 19.8. The summed E-state index contributed by atoms with van der Waals surface area (Å²) < 4.78 is 15.5. The molecule has 2 aromatic carbocycles. The molecule has 8 nitrogen and oxygen atoms in total. The zero-order valence-electron chi connectivity index (χ0n) is 15.2. The Labute approximate surface area is 156 Å². The monoisotopic (exact) mass is 372 g/mol. The van der Waals surface area contributed by atoms with Gasteiger partial charge in [0.05, 0.1) is 26.0 Å². The van der Waals surface area contributed by atoms with E-state index in [0.29, 0.717) is 28.4 Å². The van der Waals surface area contributed by atoms with Gasteiger partial charge in [-0.15, -0.1) is 0 Å². The summed E-state index contributed by atoms with van der Waals surface area (Å²) >= 11 is 0. The first-order valence-corrected chi connectivity index (χ1v) is 7.95. The summed E-state index contributed by atoms with van der Waals surface area (Å²) in [6, 6.07) is 10.1. The standard InChI is InChI=1S/C19H20N2O6/c1-12-4-6-14(16(8-12)25-2)19(24)21-20-10-13-5-7-15(17(9-13)26-3)27-11-18(22)23/h4-10H,11H2,1-3H3,(H,21,24)(H,22,23)/b20-10-. The van der Waals surface area contributed by atoms with Crippen molar-refractivity contribution >= 4 is 18.1 Å². The van der Waals surface area contributed by atoms with Gasteiger partial charge in [-0.3, -0.25) is 4.79 Å². The van der Waals surface area contributed by atoms with Gasteiger partial charge in [-0.05, 0) is 48.4 Å². The first-order chi connectivity index (χ1) is 12.9. The molecule has 8 heteroatoms. The summed E-state index contributed by atoms with van der Waals surface area (Å²) in [5, 5.41) is 12.6. The highest BCUT2D eigenvalue weighted by Crippen LogP contribution is 2.27. The van der Waals surface area contributed by atoms with E-state index >= 15 is 0 Å². The van der Waals surface area contributed by atoms with Gasteiger partial charge in [0.2, 0.25) is 0 Å². The maximum atomic E-state index is 12.2. The SMILES string of the molecule is COc1cc(/C=N\NC(=O)c2ccc(C)cc2OC)ccc1OCC(=O)O. The smallest absolute Gasteiger partial charge is 0.341 e. The average molecular weight is 372 g/mol. The minimum absolute atomic E-state index is 0.297. The average Bonchev–Trinajstić information content (AvgIpc) is 2.66. The van der Waals surface area contributed by atoms with Crippen molar-refractivity contribution in [2.24, 2.45) is 5.10 Å². The number of aliphatic carboxylic acids is 1. The van der Waals surface area contributed by atoms with E-state index in [-0.39, 0.29) is 0 Å². The molecule has 2 aromatic rings. The highest BCUT2D eigenvalue weighted by Gasteiger charge is 2.11. The molecule has 0 fully saturated rings. The molecule has 0 aromatic heterocycles. The molecule has 0 radical (unpaired) electrons. The maximum absolute atomic E-state index is 12.2. The number of amides is 1. The number of hydrogen-bond donors (Lipinski definition) is 2. The Hall–Kier alpha value is -3.55. The van der Waals surface area contributed by atoms with Gasteiger partial charge in [0.1, 0.15) is 5.75 Å². The van der Waals surface area contributed by atoms with Gasteiger partial charge in [0.25, 0.3) is 5.91 Å². The number of benzene rings is 2. The zero-order valence-corrected chi connectivity index (χ0v) is 15.2. The lowest BCUT2D eigenvalue weighted by Crippen LogP contribution is -2.18. The second kappa shape index (κ2) is 9.23. The van der Waals surface area contributed by atoms with Crippen LogP contribution in [0.4, 0.5) is 0 Å². The van der Waals surface area contributed by atoms with Crippen LogP contribution in [0.5, 0.6) is 17.2 Å². The molecular weight excluding hydrogens is 352 g/mol. The van der Waals surface area contributed by atoms with Crippen LogP contribution < -0.4 is 19.6 Å². The Balaban J connectivity index is 2.07. The predicted octanol–water partition coefficient (Wildman–Crippen LogP) is 2.24. The van der Waals surface area contributed by atoms with E-state index in [4.69, 9.17) is 19.3 Å². The van der Waals surface area contributed by atoms with Crippen molar-refractivity contribution in [2.45, 2.75) is 6.92 Å². The lowest BCUT2D eigenvalue weighted by atomic mass is 10.1. The van der Waals surface area contributed by atoms with Crippen LogP contribution in [-0.4, -0.2) is 44.0 Å². The largest absolute Gasteiger partial charge is 0.496 e. The van der Waals surface area contributed by atoms with Gasteiger partial charge in [-0.2, -0.15) is 5.10 Å². The number of carboxylic acids is 1. The number of ether oxygens (including phenoxy) is 3. The zero-order chi connectivity index (χ0) is 19.8. The fraction of sp³-hybridized carbons (Fsp3) is 0.211. The van der Waals surface area contributed by atoms with E-state index in [1.54, 1.807) is 30.3 Å². The number of nitrogens with one attached hydrogen (secondary N) is 1. The molecule has 27 heavy (non-hydrogen) atoms. The molecule has 0 saturated heterocycles. The second-order valence-electron chi connectivity index (χ2n) is 5.50. The number of aryl methyl sites for hydroxylation is 1. The fourth-order valence-electron chi connectivity index (χ4n) is 2.23. The van der Waals surface area contributed by atoms with Crippen molar-refractivity contribution in [1.82, 2.24) is 5.43 Å². The van der Waals surface area contributed by atoms with Gasteiger partial charge in [0.15, 0.2) is 18.1 Å². The van der Waals surface area contributed by atoms with Crippen molar-refractivity contribution in [3.8, 4) is 17.2 Å². The van der Waals surface area contributed by atoms with Crippen LogP contribution in [0, 0.1) is 6.92 Å². The Morgan fingerprint density at radius 2 is 1.81 bits per heavy atom. The molecule has 0 spiro atoms. The number of methoxy groups -OCH3 is 2. The molecule has 0 heterocycles. The normalized spacial score (nSPS) is 10.5. The molecule has 0 aliphatic heterocycles.